The van der Waals surface area contributed by atoms with E-state index in [2.05, 4.69) is 10.5 Å². The van der Waals surface area contributed by atoms with Gasteiger partial charge in [0.05, 0.1) is 13.5 Å². The van der Waals surface area contributed by atoms with Crippen LogP contribution >= 0.6 is 0 Å². The molecule has 0 aliphatic carbocycles. The average molecular weight is 220 g/mol. The van der Waals surface area contributed by atoms with Crippen LogP contribution in [0.2, 0.25) is 0 Å². The number of carbonyl (C=O) groups is 1. The summed E-state index contributed by atoms with van der Waals surface area (Å²) in [4.78, 5) is 11.4. The lowest BCUT2D eigenvalue weighted by Gasteiger charge is -2.02. The molecule has 0 radical (unpaired) electrons. The molecule has 0 aromatic heterocycles. The standard InChI is InChI=1S/C12H16N2O2/c1-3-8-13-14-12(15)9-10-4-6-11(16-2)7-5-10/h4-8H,3,9H2,1-2H3,(H,14,15)/b13-8-. The lowest BCUT2D eigenvalue weighted by atomic mass is 10.1. The summed E-state index contributed by atoms with van der Waals surface area (Å²) in [5, 5.41) is 3.77. The van der Waals surface area contributed by atoms with Crippen molar-refractivity contribution >= 4 is 12.1 Å². The van der Waals surface area contributed by atoms with Crippen molar-refractivity contribution in [1.82, 2.24) is 5.43 Å². The molecule has 1 amide bonds. The molecule has 1 N–H and O–H groups in total. The van der Waals surface area contributed by atoms with Crippen LogP contribution in [-0.2, 0) is 11.2 Å². The Kier molecular flexibility index (Phi) is 5.05. The van der Waals surface area contributed by atoms with Crippen LogP contribution in [0.25, 0.3) is 0 Å². The van der Waals surface area contributed by atoms with Crippen LogP contribution in [0.3, 0.4) is 0 Å². The Hall–Kier alpha value is -1.84. The second kappa shape index (κ2) is 6.61. The Morgan fingerprint density at radius 1 is 1.44 bits per heavy atom. The maximum atomic E-state index is 11.4. The third-order valence-electron chi connectivity index (χ3n) is 1.99. The summed E-state index contributed by atoms with van der Waals surface area (Å²) >= 11 is 0. The third kappa shape index (κ3) is 4.13. The molecule has 16 heavy (non-hydrogen) atoms. The molecule has 0 saturated carbocycles. The predicted molar refractivity (Wildman–Crippen MR) is 63.6 cm³/mol. The molecular formula is C12H16N2O2. The minimum atomic E-state index is -0.116. The number of nitrogens with zero attached hydrogens (tertiary/aromatic N) is 1. The number of hydrazone groups is 1. The van der Waals surface area contributed by atoms with Gasteiger partial charge < -0.3 is 4.74 Å². The quantitative estimate of drug-likeness (QED) is 0.607. The summed E-state index contributed by atoms with van der Waals surface area (Å²) in [6.45, 7) is 1.96. The fraction of sp³-hybridized carbons (Fsp3) is 0.333. The maximum absolute atomic E-state index is 11.4. The van der Waals surface area contributed by atoms with Gasteiger partial charge in [0.2, 0.25) is 5.91 Å². The van der Waals surface area contributed by atoms with Crippen molar-refractivity contribution in [2.75, 3.05) is 7.11 Å². The Morgan fingerprint density at radius 3 is 2.69 bits per heavy atom. The van der Waals surface area contributed by atoms with Crippen molar-refractivity contribution in [1.29, 1.82) is 0 Å². The van der Waals surface area contributed by atoms with Gasteiger partial charge in [-0.15, -0.1) is 0 Å². The van der Waals surface area contributed by atoms with Crippen LogP contribution in [0.15, 0.2) is 29.4 Å². The molecule has 4 heteroatoms. The number of hydrogen-bond donors (Lipinski definition) is 1. The second-order valence-electron chi connectivity index (χ2n) is 3.28. The molecule has 86 valence electrons. The molecule has 4 nitrogen and oxygen atoms in total. The summed E-state index contributed by atoms with van der Waals surface area (Å²) in [5.41, 5.74) is 3.40. The van der Waals surface area contributed by atoms with Gasteiger partial charge in [0.15, 0.2) is 0 Å². The van der Waals surface area contributed by atoms with Gasteiger partial charge in [0, 0.05) is 6.21 Å². The van der Waals surface area contributed by atoms with Gasteiger partial charge in [0.1, 0.15) is 5.75 Å². The molecule has 0 heterocycles. The van der Waals surface area contributed by atoms with Crippen molar-refractivity contribution in [2.24, 2.45) is 5.10 Å². The summed E-state index contributed by atoms with van der Waals surface area (Å²) in [5.74, 6) is 0.669. The zero-order valence-corrected chi connectivity index (χ0v) is 9.56. The summed E-state index contributed by atoms with van der Waals surface area (Å²) in [7, 11) is 1.61. The first-order valence-electron chi connectivity index (χ1n) is 5.19. The minimum absolute atomic E-state index is 0.116. The molecule has 0 aliphatic heterocycles. The number of nitrogens with one attached hydrogen (secondary N) is 1. The molecule has 1 aromatic rings. The molecule has 0 atom stereocenters. The van der Waals surface area contributed by atoms with E-state index in [1.165, 1.54) is 0 Å². The molecule has 0 saturated heterocycles. The highest BCUT2D eigenvalue weighted by Crippen LogP contribution is 2.11. The highest BCUT2D eigenvalue weighted by Gasteiger charge is 2.01. The average Bonchev–Trinajstić information content (AvgIpc) is 2.30. The number of amides is 1. The van der Waals surface area contributed by atoms with E-state index in [1.807, 2.05) is 31.2 Å². The number of methoxy groups -OCH3 is 1. The Labute approximate surface area is 95.3 Å². The van der Waals surface area contributed by atoms with E-state index in [1.54, 1.807) is 13.3 Å². The lowest BCUT2D eigenvalue weighted by molar-refractivity contribution is -0.120. The number of carbonyl (C=O) groups excluding carboxylic acids is 1. The summed E-state index contributed by atoms with van der Waals surface area (Å²) < 4.78 is 5.03. The maximum Gasteiger partial charge on any atom is 0.244 e. The van der Waals surface area contributed by atoms with Crippen molar-refractivity contribution in [3.63, 3.8) is 0 Å². The largest absolute Gasteiger partial charge is 0.497 e. The van der Waals surface area contributed by atoms with E-state index in [0.717, 1.165) is 17.7 Å². The molecule has 0 aliphatic rings. The highest BCUT2D eigenvalue weighted by atomic mass is 16.5. The van der Waals surface area contributed by atoms with Gasteiger partial charge in [-0.3, -0.25) is 4.79 Å². The molecular weight excluding hydrogens is 204 g/mol. The number of benzene rings is 1. The number of ether oxygens (including phenoxy) is 1. The van der Waals surface area contributed by atoms with Crippen LogP contribution in [0, 0.1) is 0 Å². The van der Waals surface area contributed by atoms with Crippen LogP contribution in [0.5, 0.6) is 5.75 Å². The smallest absolute Gasteiger partial charge is 0.244 e. The van der Waals surface area contributed by atoms with Gasteiger partial charge in [-0.2, -0.15) is 5.10 Å². The van der Waals surface area contributed by atoms with Gasteiger partial charge in [-0.25, -0.2) is 5.43 Å². The molecule has 0 spiro atoms. The van der Waals surface area contributed by atoms with E-state index in [0.29, 0.717) is 6.42 Å². The van der Waals surface area contributed by atoms with Gasteiger partial charge >= 0.3 is 0 Å². The first-order chi connectivity index (χ1) is 7.76. The third-order valence-corrected chi connectivity index (χ3v) is 1.99. The van der Waals surface area contributed by atoms with E-state index < -0.39 is 0 Å². The van der Waals surface area contributed by atoms with Gasteiger partial charge in [-0.05, 0) is 24.1 Å². The molecule has 1 aromatic carbocycles. The van der Waals surface area contributed by atoms with Gasteiger partial charge in [0.25, 0.3) is 0 Å². The summed E-state index contributed by atoms with van der Waals surface area (Å²) in [6, 6.07) is 7.39. The zero-order valence-electron chi connectivity index (χ0n) is 9.56. The first kappa shape index (κ1) is 12.2. The molecule has 0 unspecified atom stereocenters. The van der Waals surface area contributed by atoms with Crippen molar-refractivity contribution < 1.29 is 9.53 Å². The highest BCUT2D eigenvalue weighted by molar-refractivity contribution is 5.79. The Balaban J connectivity index is 2.46. The second-order valence-corrected chi connectivity index (χ2v) is 3.28. The lowest BCUT2D eigenvalue weighted by Crippen LogP contribution is -2.19. The number of hydrogen-bond acceptors (Lipinski definition) is 3. The summed E-state index contributed by atoms with van der Waals surface area (Å²) in [6.07, 6.45) is 2.79. The van der Waals surface area contributed by atoms with Crippen LogP contribution < -0.4 is 10.2 Å². The van der Waals surface area contributed by atoms with E-state index >= 15 is 0 Å². The van der Waals surface area contributed by atoms with E-state index in [9.17, 15) is 4.79 Å². The van der Waals surface area contributed by atoms with Gasteiger partial charge in [-0.1, -0.05) is 19.1 Å². The van der Waals surface area contributed by atoms with Crippen LogP contribution in [-0.4, -0.2) is 19.2 Å². The molecule has 0 fully saturated rings. The van der Waals surface area contributed by atoms with Crippen LogP contribution in [0.4, 0.5) is 0 Å². The Morgan fingerprint density at radius 2 is 2.12 bits per heavy atom. The van der Waals surface area contributed by atoms with Crippen molar-refractivity contribution in [3.05, 3.63) is 29.8 Å². The SMILES string of the molecule is CC/C=N\NC(=O)Cc1ccc(OC)cc1. The number of rotatable bonds is 5. The van der Waals surface area contributed by atoms with Crippen molar-refractivity contribution in [2.45, 2.75) is 19.8 Å². The monoisotopic (exact) mass is 220 g/mol. The molecule has 1 rings (SSSR count). The van der Waals surface area contributed by atoms with Crippen LogP contribution in [0.1, 0.15) is 18.9 Å². The fourth-order valence-corrected chi connectivity index (χ4v) is 1.18. The zero-order chi connectivity index (χ0) is 11.8. The van der Waals surface area contributed by atoms with E-state index in [-0.39, 0.29) is 5.91 Å². The minimum Gasteiger partial charge on any atom is -0.497 e. The normalized spacial score (nSPS) is 10.4. The predicted octanol–water partition coefficient (Wildman–Crippen LogP) is 1.75. The molecule has 0 bridgehead atoms. The first-order valence-corrected chi connectivity index (χ1v) is 5.19. The fourth-order valence-electron chi connectivity index (χ4n) is 1.18. The topological polar surface area (TPSA) is 50.7 Å². The van der Waals surface area contributed by atoms with Crippen molar-refractivity contribution in [3.8, 4) is 5.75 Å². The Bertz CT molecular complexity index is 358. The van der Waals surface area contributed by atoms with E-state index in [4.69, 9.17) is 4.74 Å².